The minimum atomic E-state index is -5.40. The molecule has 0 aromatic carbocycles. The molecule has 0 aliphatic heterocycles. The maximum atomic E-state index is 11.9. The van der Waals surface area contributed by atoms with Crippen LogP contribution in [0.4, 0.5) is 13.2 Å². The molecule has 0 aromatic rings. The lowest BCUT2D eigenvalue weighted by Gasteiger charge is -2.34. The third-order valence-electron chi connectivity index (χ3n) is 2.44. The van der Waals surface area contributed by atoms with Crippen LogP contribution in [0.25, 0.3) is 0 Å². The molecule has 0 N–H and O–H groups in total. The summed E-state index contributed by atoms with van der Waals surface area (Å²) in [7, 11) is -5.40. The van der Waals surface area contributed by atoms with Crippen LogP contribution in [0, 0.1) is 5.92 Å². The van der Waals surface area contributed by atoms with E-state index in [1.807, 2.05) is 6.92 Å². The average Bonchev–Trinajstić information content (AvgIpc) is 1.98. The number of halogens is 3. The lowest BCUT2D eigenvalue weighted by atomic mass is 9.80. The van der Waals surface area contributed by atoms with Crippen molar-refractivity contribution >= 4 is 10.1 Å². The van der Waals surface area contributed by atoms with E-state index in [-0.39, 0.29) is 0 Å². The van der Waals surface area contributed by atoms with Gasteiger partial charge in [-0.25, -0.2) is 0 Å². The molecule has 15 heavy (non-hydrogen) atoms. The molecule has 1 rings (SSSR count). The molecule has 1 aliphatic rings. The second-order valence-corrected chi connectivity index (χ2v) is 5.31. The Morgan fingerprint density at radius 2 is 1.87 bits per heavy atom. The predicted molar refractivity (Wildman–Crippen MR) is 47.5 cm³/mol. The smallest absolute Gasteiger partial charge is 0.260 e. The maximum absolute atomic E-state index is 11.9. The van der Waals surface area contributed by atoms with Gasteiger partial charge in [0, 0.05) is 0 Å². The van der Waals surface area contributed by atoms with E-state index in [1.54, 1.807) is 0 Å². The summed E-state index contributed by atoms with van der Waals surface area (Å²) in [5.74, 6) is 0.309. The fourth-order valence-electron chi connectivity index (χ4n) is 1.63. The van der Waals surface area contributed by atoms with E-state index < -0.39 is 21.7 Å². The molecule has 3 nitrogen and oxygen atoms in total. The Hall–Kier alpha value is -0.300. The predicted octanol–water partition coefficient (Wildman–Crippen LogP) is 2.43. The Morgan fingerprint density at radius 3 is 2.27 bits per heavy atom. The second-order valence-electron chi connectivity index (χ2n) is 3.74. The van der Waals surface area contributed by atoms with Crippen LogP contribution in [0.3, 0.4) is 0 Å². The van der Waals surface area contributed by atoms with Gasteiger partial charge in [0.1, 0.15) is 0 Å². The van der Waals surface area contributed by atoms with Crippen molar-refractivity contribution in [2.24, 2.45) is 5.92 Å². The van der Waals surface area contributed by atoms with Crippen LogP contribution in [-0.2, 0) is 14.3 Å². The Labute approximate surface area is 86.7 Å². The van der Waals surface area contributed by atoms with Gasteiger partial charge >= 0.3 is 15.6 Å². The lowest BCUT2D eigenvalue weighted by molar-refractivity contribution is -0.0634. The Morgan fingerprint density at radius 1 is 1.33 bits per heavy atom. The van der Waals surface area contributed by atoms with Gasteiger partial charge in [0.2, 0.25) is 0 Å². The van der Waals surface area contributed by atoms with Gasteiger partial charge in [0.25, 0.3) is 0 Å². The van der Waals surface area contributed by atoms with E-state index in [9.17, 15) is 21.6 Å². The van der Waals surface area contributed by atoms with E-state index in [2.05, 4.69) is 4.18 Å². The number of alkyl halides is 3. The van der Waals surface area contributed by atoms with Gasteiger partial charge in [-0.15, -0.1) is 0 Å². The van der Waals surface area contributed by atoms with Crippen LogP contribution in [0.1, 0.15) is 32.6 Å². The number of hydrogen-bond acceptors (Lipinski definition) is 3. The van der Waals surface area contributed by atoms with Gasteiger partial charge in [-0.05, 0) is 18.8 Å². The molecule has 0 aromatic heterocycles. The van der Waals surface area contributed by atoms with Gasteiger partial charge in [-0.1, -0.05) is 19.8 Å². The van der Waals surface area contributed by atoms with Gasteiger partial charge in [0.15, 0.2) is 0 Å². The van der Waals surface area contributed by atoms with Crippen LogP contribution in [0.15, 0.2) is 0 Å². The Bertz CT molecular complexity index is 304. The fourth-order valence-corrected chi connectivity index (χ4v) is 2.26. The Kier molecular flexibility index (Phi) is 3.65. The van der Waals surface area contributed by atoms with Gasteiger partial charge in [-0.2, -0.15) is 21.6 Å². The van der Waals surface area contributed by atoms with Gasteiger partial charge < -0.3 is 0 Å². The highest BCUT2D eigenvalue weighted by Gasteiger charge is 2.49. The number of rotatable bonds is 4. The van der Waals surface area contributed by atoms with Crippen molar-refractivity contribution in [3.05, 3.63) is 0 Å². The minimum absolute atomic E-state index is 0.309. The van der Waals surface area contributed by atoms with Crippen molar-refractivity contribution in [1.29, 1.82) is 0 Å². The first-order valence-electron chi connectivity index (χ1n) is 4.76. The molecule has 0 bridgehead atoms. The fraction of sp³-hybridized carbons (Fsp3) is 1.00. The highest BCUT2D eigenvalue weighted by atomic mass is 32.2. The van der Waals surface area contributed by atoms with Crippen molar-refractivity contribution in [1.82, 2.24) is 0 Å². The van der Waals surface area contributed by atoms with Crippen LogP contribution < -0.4 is 0 Å². The highest BCUT2D eigenvalue weighted by molar-refractivity contribution is 7.87. The molecule has 0 radical (unpaired) electrons. The molecule has 0 heterocycles. The SMILES string of the molecule is CCCC1CC(OS(=O)(=O)C(F)(F)F)C1. The molecular weight excluding hydrogens is 233 g/mol. The lowest BCUT2D eigenvalue weighted by Crippen LogP contribution is -2.37. The molecule has 1 fully saturated rings. The second kappa shape index (κ2) is 4.29. The first-order valence-corrected chi connectivity index (χ1v) is 6.16. The molecule has 0 spiro atoms. The van der Waals surface area contributed by atoms with Crippen molar-refractivity contribution in [3.8, 4) is 0 Å². The van der Waals surface area contributed by atoms with E-state index >= 15 is 0 Å². The first kappa shape index (κ1) is 12.8. The standard InChI is InChI=1S/C8H13F3O3S/c1-2-3-6-4-7(5-6)14-15(12,13)8(9,10)11/h6-7H,2-5H2,1H3. The zero-order valence-corrected chi connectivity index (χ0v) is 9.07. The third kappa shape index (κ3) is 3.07. The molecule has 90 valence electrons. The third-order valence-corrected chi connectivity index (χ3v) is 3.53. The minimum Gasteiger partial charge on any atom is -0.260 e. The van der Waals surface area contributed by atoms with E-state index in [0.717, 1.165) is 12.8 Å². The molecule has 0 amide bonds. The molecule has 7 heteroatoms. The van der Waals surface area contributed by atoms with Crippen molar-refractivity contribution in [2.75, 3.05) is 0 Å². The van der Waals surface area contributed by atoms with Gasteiger partial charge in [-0.3, -0.25) is 4.18 Å². The normalized spacial score (nSPS) is 27.5. The zero-order chi connectivity index (χ0) is 11.7. The monoisotopic (exact) mass is 246 g/mol. The molecule has 0 unspecified atom stereocenters. The zero-order valence-electron chi connectivity index (χ0n) is 8.25. The molecule has 0 saturated heterocycles. The highest BCUT2D eigenvalue weighted by Crippen LogP contribution is 2.37. The summed E-state index contributed by atoms with van der Waals surface area (Å²) in [6.45, 7) is 1.97. The van der Waals surface area contributed by atoms with E-state index in [0.29, 0.717) is 18.8 Å². The largest absolute Gasteiger partial charge is 0.523 e. The van der Waals surface area contributed by atoms with E-state index in [1.165, 1.54) is 0 Å². The molecular formula is C8H13F3O3S. The quantitative estimate of drug-likeness (QED) is 0.565. The molecule has 0 atom stereocenters. The number of hydrogen-bond donors (Lipinski definition) is 0. The summed E-state index contributed by atoms with van der Waals surface area (Å²) in [4.78, 5) is 0. The summed E-state index contributed by atoms with van der Waals surface area (Å²) in [5, 5.41) is 0. The summed E-state index contributed by atoms with van der Waals surface area (Å²) in [5.41, 5.74) is -5.30. The molecule has 1 saturated carbocycles. The van der Waals surface area contributed by atoms with Crippen molar-refractivity contribution in [2.45, 2.75) is 44.2 Å². The van der Waals surface area contributed by atoms with Crippen LogP contribution >= 0.6 is 0 Å². The first-order chi connectivity index (χ1) is 6.76. The molecule has 1 aliphatic carbocycles. The van der Waals surface area contributed by atoms with Crippen molar-refractivity contribution in [3.63, 3.8) is 0 Å². The van der Waals surface area contributed by atoms with Crippen molar-refractivity contribution < 1.29 is 25.8 Å². The maximum Gasteiger partial charge on any atom is 0.523 e. The summed E-state index contributed by atoms with van der Waals surface area (Å²) < 4.78 is 60.9. The van der Waals surface area contributed by atoms with E-state index in [4.69, 9.17) is 0 Å². The van der Waals surface area contributed by atoms with Crippen LogP contribution in [0.2, 0.25) is 0 Å². The van der Waals surface area contributed by atoms with Crippen LogP contribution in [-0.4, -0.2) is 20.0 Å². The summed E-state index contributed by atoms with van der Waals surface area (Å²) in [6.07, 6.45) is 1.88. The average molecular weight is 246 g/mol. The van der Waals surface area contributed by atoms with Gasteiger partial charge in [0.05, 0.1) is 6.10 Å². The Balaban J connectivity index is 2.40. The van der Waals surface area contributed by atoms with Crippen LogP contribution in [0.5, 0.6) is 0 Å². The summed E-state index contributed by atoms with van der Waals surface area (Å²) in [6, 6.07) is 0. The summed E-state index contributed by atoms with van der Waals surface area (Å²) >= 11 is 0. The topological polar surface area (TPSA) is 43.4 Å².